The van der Waals surface area contributed by atoms with Crippen LogP contribution >= 0.6 is 0 Å². The number of nitrogens with two attached hydrogens (primary N) is 1. The molecule has 1 heteroatoms. The van der Waals surface area contributed by atoms with Crippen LogP contribution in [-0.2, 0) is 0 Å². The van der Waals surface area contributed by atoms with Gasteiger partial charge in [0, 0.05) is 0 Å². The summed E-state index contributed by atoms with van der Waals surface area (Å²) in [6.07, 6.45) is 8.88. The molecule has 2 rings (SSSR count). The van der Waals surface area contributed by atoms with E-state index in [1.165, 1.54) is 6.42 Å². The summed E-state index contributed by atoms with van der Waals surface area (Å²) in [5.74, 6) is 0. The first-order valence-electron chi connectivity index (χ1n) is 4.53. The Morgan fingerprint density at radius 1 is 1.20 bits per heavy atom. The van der Waals surface area contributed by atoms with Crippen molar-refractivity contribution in [1.29, 1.82) is 0 Å². The van der Waals surface area contributed by atoms with Crippen molar-refractivity contribution in [3.63, 3.8) is 0 Å². The van der Waals surface area contributed by atoms with E-state index < -0.39 is 0 Å². The zero-order valence-electron chi connectivity index (χ0n) is 7.03. The molecule has 0 unspecified atom stereocenters. The van der Waals surface area contributed by atoms with Gasteiger partial charge < -0.3 is 5.73 Å². The van der Waals surface area contributed by atoms with E-state index in [0.29, 0.717) is 0 Å². The smallest absolute Gasteiger partial charge is 0.00799 e. The van der Waals surface area contributed by atoms with E-state index in [4.69, 9.17) is 5.73 Å². The zero-order chi connectivity index (χ0) is 7.45. The van der Waals surface area contributed by atoms with E-state index in [1.54, 1.807) is 25.7 Å². The lowest BCUT2D eigenvalue weighted by molar-refractivity contribution is 0.289. The van der Waals surface area contributed by atoms with E-state index >= 15 is 0 Å². The monoisotopic (exact) mass is 141 g/mol. The van der Waals surface area contributed by atoms with E-state index in [2.05, 4.69) is 6.92 Å². The second-order valence-electron chi connectivity index (χ2n) is 3.64. The third-order valence-corrected chi connectivity index (χ3v) is 2.66. The molecule has 2 aliphatic carbocycles. The molecule has 0 amide bonds. The molecule has 1 nitrogen and oxygen atoms in total. The van der Waals surface area contributed by atoms with Gasteiger partial charge in [0.15, 0.2) is 0 Å². The van der Waals surface area contributed by atoms with Gasteiger partial charge in [-0.2, -0.15) is 0 Å². The molecule has 2 fully saturated rings. The summed E-state index contributed by atoms with van der Waals surface area (Å²) >= 11 is 0. The molecule has 60 valence electrons. The first-order valence-corrected chi connectivity index (χ1v) is 4.53. The minimum absolute atomic E-state index is 0.819. The summed E-state index contributed by atoms with van der Waals surface area (Å²) in [5, 5.41) is 0. The number of rotatable bonds is 1. The van der Waals surface area contributed by atoms with Crippen molar-refractivity contribution in [1.82, 2.24) is 0 Å². The predicted octanol–water partition coefficient (Wildman–Crippen LogP) is 2.31. The normalized spacial score (nSPS) is 24.6. The lowest BCUT2D eigenvalue weighted by Crippen LogP contribution is -2.10. The first kappa shape index (κ1) is 8.06. The van der Waals surface area contributed by atoms with E-state index in [-0.39, 0.29) is 0 Å². The first-order chi connectivity index (χ1) is 4.83. The molecular weight excluding hydrogens is 122 g/mol. The van der Waals surface area contributed by atoms with Crippen molar-refractivity contribution in [3.05, 3.63) is 0 Å². The molecule has 10 heavy (non-hydrogen) atoms. The maximum Gasteiger partial charge on any atom is -0.00799 e. The van der Waals surface area contributed by atoms with Gasteiger partial charge in [-0.15, -0.1) is 0 Å². The molecule has 2 saturated carbocycles. The van der Waals surface area contributed by atoms with Crippen LogP contribution in [0.15, 0.2) is 0 Å². The van der Waals surface area contributed by atoms with Crippen LogP contribution in [0.3, 0.4) is 0 Å². The molecule has 0 saturated heterocycles. The van der Waals surface area contributed by atoms with Crippen molar-refractivity contribution in [2.24, 2.45) is 11.1 Å². The summed E-state index contributed by atoms with van der Waals surface area (Å²) in [7, 11) is 0. The van der Waals surface area contributed by atoms with Gasteiger partial charge in [0.05, 0.1) is 0 Å². The van der Waals surface area contributed by atoms with Crippen LogP contribution in [0.1, 0.15) is 45.4 Å². The molecule has 0 bridgehead atoms. The third kappa shape index (κ3) is 1.98. The van der Waals surface area contributed by atoms with Gasteiger partial charge >= 0.3 is 0 Å². The van der Waals surface area contributed by atoms with Crippen LogP contribution in [0, 0.1) is 5.41 Å². The van der Waals surface area contributed by atoms with E-state index in [9.17, 15) is 0 Å². The fourth-order valence-electron chi connectivity index (χ4n) is 1.35. The van der Waals surface area contributed by atoms with Crippen molar-refractivity contribution < 1.29 is 0 Å². The fraction of sp³-hybridized carbons (Fsp3) is 1.00. The van der Waals surface area contributed by atoms with Crippen molar-refractivity contribution in [2.75, 3.05) is 6.54 Å². The Hall–Kier alpha value is -0.0400. The average Bonchev–Trinajstić information content (AvgIpc) is 2.65. The molecule has 0 aromatic rings. The maximum absolute atomic E-state index is 5.03. The third-order valence-electron chi connectivity index (χ3n) is 2.66. The Labute approximate surface area is 64.0 Å². The Kier molecular flexibility index (Phi) is 2.72. The Bertz CT molecular complexity index is 86.9. The van der Waals surface area contributed by atoms with Gasteiger partial charge in [-0.3, -0.25) is 0 Å². The summed E-state index contributed by atoms with van der Waals surface area (Å²) in [5.41, 5.74) is 6.00. The summed E-state index contributed by atoms with van der Waals surface area (Å²) in [6, 6.07) is 0. The fourth-order valence-corrected chi connectivity index (χ4v) is 1.35. The minimum atomic E-state index is 0.819. The lowest BCUT2D eigenvalue weighted by atomic mass is 9.82. The quantitative estimate of drug-likeness (QED) is 0.595. The highest BCUT2D eigenvalue weighted by molar-refractivity contribution is 4.98. The topological polar surface area (TPSA) is 26.0 Å². The Morgan fingerprint density at radius 3 is 1.70 bits per heavy atom. The maximum atomic E-state index is 5.03. The molecule has 0 aromatic carbocycles. The summed E-state index contributed by atoms with van der Waals surface area (Å²) in [4.78, 5) is 0. The highest BCUT2D eigenvalue weighted by Crippen LogP contribution is 2.60. The van der Waals surface area contributed by atoms with Gasteiger partial charge in [-0.25, -0.2) is 0 Å². The molecule has 1 spiro atoms. The van der Waals surface area contributed by atoms with Crippen molar-refractivity contribution in [3.8, 4) is 0 Å². The molecule has 0 heterocycles. The Balaban J connectivity index is 0.000000112. The van der Waals surface area contributed by atoms with Gasteiger partial charge in [-0.1, -0.05) is 13.3 Å². The second kappa shape index (κ2) is 3.38. The van der Waals surface area contributed by atoms with E-state index in [1.807, 2.05) is 0 Å². The highest BCUT2D eigenvalue weighted by atomic mass is 14.5. The van der Waals surface area contributed by atoms with Crippen LogP contribution in [-0.4, -0.2) is 6.54 Å². The number of hydrogen-bond donors (Lipinski definition) is 1. The summed E-state index contributed by atoms with van der Waals surface area (Å²) in [6.45, 7) is 2.88. The second-order valence-corrected chi connectivity index (χ2v) is 3.64. The van der Waals surface area contributed by atoms with Crippen LogP contribution in [0.5, 0.6) is 0 Å². The van der Waals surface area contributed by atoms with Crippen molar-refractivity contribution >= 4 is 0 Å². The van der Waals surface area contributed by atoms with Crippen LogP contribution in [0.4, 0.5) is 0 Å². The van der Waals surface area contributed by atoms with Gasteiger partial charge in [-0.05, 0) is 44.1 Å². The average molecular weight is 141 g/mol. The van der Waals surface area contributed by atoms with Crippen LogP contribution < -0.4 is 5.73 Å². The van der Waals surface area contributed by atoms with Crippen LogP contribution in [0.2, 0.25) is 0 Å². The standard InChI is InChI=1S/C6H10.C3H9N/c1-2-6(3-1)4-5-6;1-2-3-4/h1-5H2;2-4H2,1H3. The lowest BCUT2D eigenvalue weighted by Gasteiger charge is -2.23. The summed E-state index contributed by atoms with van der Waals surface area (Å²) < 4.78 is 0. The Morgan fingerprint density at radius 2 is 1.70 bits per heavy atom. The molecule has 0 aromatic heterocycles. The number of hydrogen-bond acceptors (Lipinski definition) is 1. The predicted molar refractivity (Wildman–Crippen MR) is 44.9 cm³/mol. The van der Waals surface area contributed by atoms with Gasteiger partial charge in [0.1, 0.15) is 0 Å². The minimum Gasteiger partial charge on any atom is -0.330 e. The van der Waals surface area contributed by atoms with E-state index in [0.717, 1.165) is 18.4 Å². The zero-order valence-corrected chi connectivity index (χ0v) is 7.03. The van der Waals surface area contributed by atoms with Gasteiger partial charge in [0.25, 0.3) is 0 Å². The van der Waals surface area contributed by atoms with Crippen LogP contribution in [0.25, 0.3) is 0 Å². The molecule has 0 aliphatic heterocycles. The van der Waals surface area contributed by atoms with Crippen molar-refractivity contribution in [2.45, 2.75) is 45.4 Å². The molecule has 0 radical (unpaired) electrons. The molecule has 2 aliphatic rings. The molecular formula is C9H19N. The van der Waals surface area contributed by atoms with Gasteiger partial charge in [0.2, 0.25) is 0 Å². The largest absolute Gasteiger partial charge is 0.330 e. The SMILES string of the molecule is C1CC2(C1)CC2.CCCN. The molecule has 2 N–H and O–H groups in total. The highest BCUT2D eigenvalue weighted by Gasteiger charge is 2.46. The molecule has 0 atom stereocenters.